The SMILES string of the molecule is COc1cc(NC(=O)CO[C@H]2CC[C@@]3(C)C(=CC[C@H]4[C@@H]5CC[C@H]([C@H](C)CCCC(C)C)[C@@]5(C)CC[C@@H]43)C2)c(OC)cc1NC(=O)CO[C@H]1CC[C@@]2(C)C(=CC[C@H]3[C@@H]4CC[C@H]([C@H](C)CCCC(C)C)[C@@]4(C)CC[C@@H]32)C1. The highest BCUT2D eigenvalue weighted by atomic mass is 16.5. The molecule has 0 heterocycles. The van der Waals surface area contributed by atoms with Gasteiger partial charge in [-0.1, -0.05) is 131 Å². The van der Waals surface area contributed by atoms with E-state index >= 15 is 0 Å². The molecule has 0 spiro atoms. The monoisotopic (exact) mass is 1020 g/mol. The van der Waals surface area contributed by atoms with Crippen molar-refractivity contribution in [3.63, 3.8) is 0 Å². The van der Waals surface area contributed by atoms with Gasteiger partial charge in [0.15, 0.2) is 0 Å². The summed E-state index contributed by atoms with van der Waals surface area (Å²) in [5, 5.41) is 6.05. The zero-order chi connectivity index (χ0) is 52.7. The Bertz CT molecular complexity index is 2050. The summed E-state index contributed by atoms with van der Waals surface area (Å²) < 4.78 is 24.3. The Hall–Kier alpha value is -2.84. The molecule has 2 amide bonds. The Kier molecular flexibility index (Phi) is 17.3. The maximum absolute atomic E-state index is 13.5. The molecule has 8 aliphatic carbocycles. The van der Waals surface area contributed by atoms with Gasteiger partial charge in [0.25, 0.3) is 0 Å². The number of carbonyl (C=O) groups is 2. The van der Waals surface area contributed by atoms with Gasteiger partial charge >= 0.3 is 0 Å². The molecule has 414 valence electrons. The number of nitrogens with one attached hydrogen (secondary N) is 2. The number of anilines is 2. The number of benzene rings is 1. The van der Waals surface area contributed by atoms with E-state index in [1.165, 1.54) is 103 Å². The zero-order valence-corrected chi connectivity index (χ0v) is 48.8. The molecule has 2 N–H and O–H groups in total. The first kappa shape index (κ1) is 55.9. The second kappa shape index (κ2) is 22.9. The largest absolute Gasteiger partial charge is 0.494 e. The molecule has 0 unspecified atom stereocenters. The van der Waals surface area contributed by atoms with Crippen molar-refractivity contribution in [2.75, 3.05) is 38.1 Å². The number of hydrogen-bond acceptors (Lipinski definition) is 6. The van der Waals surface area contributed by atoms with Crippen LogP contribution < -0.4 is 20.1 Å². The molecule has 16 atom stereocenters. The van der Waals surface area contributed by atoms with Gasteiger partial charge in [-0.05, 0) is 195 Å². The van der Waals surface area contributed by atoms with Gasteiger partial charge in [0.05, 0.1) is 37.8 Å². The third-order valence-corrected chi connectivity index (χ3v) is 23.5. The molecule has 8 nitrogen and oxygen atoms in total. The van der Waals surface area contributed by atoms with Gasteiger partial charge in [-0.25, -0.2) is 0 Å². The molecule has 6 fully saturated rings. The fourth-order valence-electron chi connectivity index (χ4n) is 19.4. The third-order valence-electron chi connectivity index (χ3n) is 23.5. The van der Waals surface area contributed by atoms with Crippen LogP contribution in [-0.2, 0) is 19.1 Å². The van der Waals surface area contributed by atoms with E-state index in [1.807, 2.05) is 0 Å². The van der Waals surface area contributed by atoms with Crippen LogP contribution in [0.4, 0.5) is 11.4 Å². The van der Waals surface area contributed by atoms with Gasteiger partial charge in [-0.3, -0.25) is 9.59 Å². The van der Waals surface area contributed by atoms with Crippen LogP contribution in [0.2, 0.25) is 0 Å². The molecule has 8 aliphatic rings. The van der Waals surface area contributed by atoms with Gasteiger partial charge in [-0.2, -0.15) is 0 Å². The van der Waals surface area contributed by atoms with Crippen LogP contribution in [0.15, 0.2) is 35.4 Å². The first-order chi connectivity index (χ1) is 35.3. The number of rotatable bonds is 20. The van der Waals surface area contributed by atoms with Gasteiger partial charge in [0.1, 0.15) is 24.7 Å². The number of allylic oxidation sites excluding steroid dienone is 2. The summed E-state index contributed by atoms with van der Waals surface area (Å²) in [5.74, 6) is 10.2. The predicted octanol–water partition coefficient (Wildman–Crippen LogP) is 16.4. The molecule has 9 rings (SSSR count). The molecule has 0 radical (unpaired) electrons. The molecule has 0 bridgehead atoms. The Labute approximate surface area is 450 Å². The van der Waals surface area contributed by atoms with Crippen molar-refractivity contribution in [2.45, 2.75) is 223 Å². The van der Waals surface area contributed by atoms with Crippen molar-refractivity contribution in [3.05, 3.63) is 35.4 Å². The van der Waals surface area contributed by atoms with Crippen molar-refractivity contribution in [1.82, 2.24) is 0 Å². The number of amides is 2. The van der Waals surface area contributed by atoms with Gasteiger partial charge in [0.2, 0.25) is 11.8 Å². The Balaban J connectivity index is 0.738. The minimum absolute atomic E-state index is 0.0286. The van der Waals surface area contributed by atoms with Gasteiger partial charge < -0.3 is 29.6 Å². The highest BCUT2D eigenvalue weighted by molar-refractivity contribution is 5.97. The van der Waals surface area contributed by atoms with Crippen molar-refractivity contribution >= 4 is 23.2 Å². The molecule has 0 saturated heterocycles. The Morgan fingerprint density at radius 2 is 0.946 bits per heavy atom. The van der Waals surface area contributed by atoms with Gasteiger partial charge in [-0.15, -0.1) is 0 Å². The summed E-state index contributed by atoms with van der Waals surface area (Å²) >= 11 is 0. The van der Waals surface area contributed by atoms with E-state index in [4.69, 9.17) is 18.9 Å². The summed E-state index contributed by atoms with van der Waals surface area (Å²) in [7, 11) is 3.15. The molecule has 0 aliphatic heterocycles. The molecule has 8 heteroatoms. The lowest BCUT2D eigenvalue weighted by Gasteiger charge is -2.58. The molecular formula is C66H104N2O6. The number of hydrogen-bond donors (Lipinski definition) is 2. The molecule has 0 aromatic heterocycles. The lowest BCUT2D eigenvalue weighted by Crippen LogP contribution is -2.51. The maximum atomic E-state index is 13.5. The number of fused-ring (bicyclic) bond motifs is 10. The highest BCUT2D eigenvalue weighted by Crippen LogP contribution is 2.69. The van der Waals surface area contributed by atoms with Gasteiger partial charge in [0, 0.05) is 12.1 Å². The van der Waals surface area contributed by atoms with Crippen LogP contribution in [-0.4, -0.2) is 51.5 Å². The average Bonchev–Trinajstić information content (AvgIpc) is 3.92. The van der Waals surface area contributed by atoms with E-state index in [9.17, 15) is 9.59 Å². The first-order valence-corrected chi connectivity index (χ1v) is 30.8. The number of methoxy groups -OCH3 is 2. The highest BCUT2D eigenvalue weighted by Gasteiger charge is 2.61. The second-order valence-electron chi connectivity index (χ2n) is 28.3. The average molecular weight is 1020 g/mol. The van der Waals surface area contributed by atoms with E-state index in [1.54, 1.807) is 37.5 Å². The molecule has 74 heavy (non-hydrogen) atoms. The van der Waals surface area contributed by atoms with E-state index in [0.717, 1.165) is 110 Å². The van der Waals surface area contributed by atoms with Crippen LogP contribution in [0.25, 0.3) is 0 Å². The minimum atomic E-state index is -0.235. The summed E-state index contributed by atoms with van der Waals surface area (Å²) in [4.78, 5) is 27.1. The minimum Gasteiger partial charge on any atom is -0.494 e. The van der Waals surface area contributed by atoms with E-state index in [2.05, 4.69) is 92.0 Å². The normalized spacial score (nSPS) is 38.0. The summed E-state index contributed by atoms with van der Waals surface area (Å²) in [6.07, 6.45) is 33.2. The van der Waals surface area contributed by atoms with Crippen LogP contribution in [0.3, 0.4) is 0 Å². The van der Waals surface area contributed by atoms with Crippen LogP contribution in [0, 0.1) is 92.7 Å². The Morgan fingerprint density at radius 1 is 0.541 bits per heavy atom. The molecule has 6 saturated carbocycles. The topological polar surface area (TPSA) is 95.1 Å². The lowest BCUT2D eigenvalue weighted by molar-refractivity contribution is -0.124. The van der Waals surface area contributed by atoms with Crippen LogP contribution in [0.5, 0.6) is 11.5 Å². The summed E-state index contributed by atoms with van der Waals surface area (Å²) in [6, 6.07) is 3.44. The number of ether oxygens (including phenoxy) is 4. The second-order valence-corrected chi connectivity index (χ2v) is 28.3. The predicted molar refractivity (Wildman–Crippen MR) is 302 cm³/mol. The maximum Gasteiger partial charge on any atom is 0.250 e. The van der Waals surface area contributed by atoms with Crippen LogP contribution in [0.1, 0.15) is 210 Å². The van der Waals surface area contributed by atoms with Crippen molar-refractivity contribution < 1.29 is 28.5 Å². The lowest BCUT2D eigenvalue weighted by atomic mass is 9.47. The quantitative estimate of drug-likeness (QED) is 0.126. The van der Waals surface area contributed by atoms with Crippen molar-refractivity contribution in [1.29, 1.82) is 0 Å². The van der Waals surface area contributed by atoms with Crippen molar-refractivity contribution in [3.8, 4) is 11.5 Å². The summed E-state index contributed by atoms with van der Waals surface area (Å²) in [6.45, 7) is 25.0. The van der Waals surface area contributed by atoms with E-state index in [0.29, 0.717) is 33.7 Å². The van der Waals surface area contributed by atoms with E-state index < -0.39 is 0 Å². The Morgan fingerprint density at radius 3 is 1.32 bits per heavy atom. The first-order valence-electron chi connectivity index (χ1n) is 30.8. The summed E-state index contributed by atoms with van der Waals surface area (Å²) in [5.41, 5.74) is 5.55. The molecule has 1 aromatic carbocycles. The van der Waals surface area contributed by atoms with Crippen LogP contribution >= 0.6 is 0 Å². The standard InChI is InChI=1S/C66H104N2O6/c1-41(2)15-13-17-43(5)51-23-25-53-49-21-19-45-35-47(27-31-63(45,7)55(49)29-33-65(51,53)9)73-39-61(69)67-57-37-60(72-12)58(38-59(57)71-11)68-62(70)40-74-48-28-32-64(8)46(36-48)20-22-50-54-26-24-52(44(6)18-14-16-42(3)4)66(54,10)34-30-56(50)64/h19-20,37-38,41-44,47-56H,13-18,21-36,39-40H2,1-12H3,(H,67,69)(H,68,70)/t43-,44-,47+,48+,49+,50+,51-,52-,53+,54+,55+,56+,63+,64+,65-,66-/m1/s1. The smallest absolute Gasteiger partial charge is 0.250 e. The molecule has 1 aromatic rings. The number of carbonyl (C=O) groups excluding carboxylic acids is 2. The van der Waals surface area contributed by atoms with E-state index in [-0.39, 0.29) is 48.1 Å². The third kappa shape index (κ3) is 11.0. The molecular weight excluding hydrogens is 917 g/mol. The zero-order valence-electron chi connectivity index (χ0n) is 48.8. The van der Waals surface area contributed by atoms with Crippen molar-refractivity contribution in [2.24, 2.45) is 92.7 Å². The fraction of sp³-hybridized carbons (Fsp3) is 0.818. The fourth-order valence-corrected chi connectivity index (χ4v) is 19.4.